The van der Waals surface area contributed by atoms with Crippen molar-refractivity contribution < 1.29 is 4.74 Å². The Hall–Kier alpha value is -2.57. The van der Waals surface area contributed by atoms with Crippen molar-refractivity contribution in [1.29, 1.82) is 0 Å². The summed E-state index contributed by atoms with van der Waals surface area (Å²) in [6, 6.07) is 18.7. The van der Waals surface area contributed by atoms with Gasteiger partial charge in [-0.1, -0.05) is 36.2 Å². The summed E-state index contributed by atoms with van der Waals surface area (Å²) >= 11 is 1.72. The molecule has 0 fully saturated rings. The van der Waals surface area contributed by atoms with E-state index in [2.05, 4.69) is 52.1 Å². The second-order valence-electron chi connectivity index (χ2n) is 6.60. The third-order valence-electron chi connectivity index (χ3n) is 3.89. The van der Waals surface area contributed by atoms with Crippen LogP contribution in [0.5, 0.6) is 5.75 Å². The molecule has 0 aliphatic carbocycles. The van der Waals surface area contributed by atoms with Gasteiger partial charge in [-0.2, -0.15) is 0 Å². The number of aromatic nitrogens is 2. The van der Waals surface area contributed by atoms with E-state index in [0.717, 1.165) is 34.3 Å². The first-order valence-corrected chi connectivity index (χ1v) is 10.4. The number of para-hydroxylation sites is 1. The summed E-state index contributed by atoms with van der Waals surface area (Å²) in [5.41, 5.74) is 4.04. The largest absolute Gasteiger partial charge is 0.493 e. The predicted molar refractivity (Wildman–Crippen MR) is 118 cm³/mol. The predicted octanol–water partition coefficient (Wildman–Crippen LogP) is 5.43. The third kappa shape index (κ3) is 5.71. The summed E-state index contributed by atoms with van der Waals surface area (Å²) in [5.74, 6) is 2.48. The van der Waals surface area contributed by atoms with E-state index in [0.29, 0.717) is 12.6 Å². The minimum Gasteiger partial charge on any atom is -0.493 e. The molecule has 0 unspecified atom stereocenters. The molecule has 3 aromatic rings. The van der Waals surface area contributed by atoms with E-state index in [-0.39, 0.29) is 0 Å². The van der Waals surface area contributed by atoms with Crippen LogP contribution in [0.3, 0.4) is 0 Å². The third-order valence-corrected chi connectivity index (χ3v) is 5.00. The number of hydrogen-bond acceptors (Lipinski definition) is 6. The van der Waals surface area contributed by atoms with Gasteiger partial charge in [0.05, 0.1) is 12.3 Å². The molecule has 3 rings (SSSR count). The van der Waals surface area contributed by atoms with Crippen LogP contribution in [0.1, 0.15) is 26.3 Å². The van der Waals surface area contributed by atoms with E-state index < -0.39 is 0 Å². The number of anilines is 2. The second-order valence-corrected chi connectivity index (χ2v) is 7.42. The zero-order valence-electron chi connectivity index (χ0n) is 16.5. The van der Waals surface area contributed by atoms with Gasteiger partial charge in [0.2, 0.25) is 0 Å². The lowest BCUT2D eigenvalue weighted by Gasteiger charge is -2.12. The Morgan fingerprint density at radius 3 is 2.71 bits per heavy atom. The molecule has 2 aromatic carbocycles. The Morgan fingerprint density at radius 1 is 1.04 bits per heavy atom. The lowest BCUT2D eigenvalue weighted by molar-refractivity contribution is 0.341. The maximum atomic E-state index is 5.73. The fourth-order valence-corrected chi connectivity index (χ4v) is 3.47. The first kappa shape index (κ1) is 20.2. The number of rotatable bonds is 9. The van der Waals surface area contributed by atoms with Crippen molar-refractivity contribution in [1.82, 2.24) is 14.7 Å². The van der Waals surface area contributed by atoms with Gasteiger partial charge in [0.15, 0.2) is 0 Å². The molecule has 1 heterocycles. The Kier molecular flexibility index (Phi) is 7.28. The molecule has 28 heavy (non-hydrogen) atoms. The molecule has 5 nitrogen and oxygen atoms in total. The van der Waals surface area contributed by atoms with Crippen LogP contribution in [0.2, 0.25) is 0 Å². The lowest BCUT2D eigenvalue weighted by atomic mass is 10.1. The summed E-state index contributed by atoms with van der Waals surface area (Å²) in [6.07, 6.45) is 1.58. The maximum Gasteiger partial charge on any atom is 0.134 e. The van der Waals surface area contributed by atoms with E-state index in [1.54, 1.807) is 18.3 Å². The van der Waals surface area contributed by atoms with E-state index >= 15 is 0 Å². The van der Waals surface area contributed by atoms with Crippen molar-refractivity contribution in [2.75, 3.05) is 11.9 Å². The van der Waals surface area contributed by atoms with E-state index in [9.17, 15) is 0 Å². The Bertz CT molecular complexity index is 901. The smallest absolute Gasteiger partial charge is 0.134 e. The van der Waals surface area contributed by atoms with Gasteiger partial charge >= 0.3 is 0 Å². The highest BCUT2D eigenvalue weighted by Gasteiger charge is 2.08. The van der Waals surface area contributed by atoms with Crippen LogP contribution in [0.15, 0.2) is 60.9 Å². The molecule has 1 aromatic heterocycles. The minimum absolute atomic E-state index is 0.463. The maximum absolute atomic E-state index is 5.73. The molecular weight excluding hydrogens is 368 g/mol. The van der Waals surface area contributed by atoms with Gasteiger partial charge < -0.3 is 10.1 Å². The van der Waals surface area contributed by atoms with Crippen LogP contribution in [-0.4, -0.2) is 22.6 Å². The van der Waals surface area contributed by atoms with Crippen LogP contribution in [0.25, 0.3) is 11.3 Å². The average molecular weight is 395 g/mol. The molecule has 0 aliphatic rings. The van der Waals surface area contributed by atoms with Crippen LogP contribution >= 0.6 is 11.9 Å². The van der Waals surface area contributed by atoms with E-state index in [1.807, 2.05) is 43.3 Å². The van der Waals surface area contributed by atoms with Gasteiger partial charge in [-0.3, -0.25) is 4.72 Å². The SMILES string of the molecule is CCOc1ccccc1-c1cc(Nc2cccc(CSNC(C)C)c2)ncn1. The molecule has 0 aliphatic heterocycles. The van der Waals surface area contributed by atoms with Gasteiger partial charge in [-0.05, 0) is 50.6 Å². The molecule has 0 spiro atoms. The van der Waals surface area contributed by atoms with Gasteiger partial charge in [0, 0.05) is 29.1 Å². The normalized spacial score (nSPS) is 10.9. The van der Waals surface area contributed by atoms with E-state index in [1.165, 1.54) is 5.56 Å². The van der Waals surface area contributed by atoms with Crippen molar-refractivity contribution in [3.8, 4) is 17.0 Å². The van der Waals surface area contributed by atoms with Crippen LogP contribution in [0.4, 0.5) is 11.5 Å². The number of ether oxygens (including phenoxy) is 1. The van der Waals surface area contributed by atoms with Crippen molar-refractivity contribution in [2.45, 2.75) is 32.6 Å². The van der Waals surface area contributed by atoms with Gasteiger partial charge in [-0.15, -0.1) is 0 Å². The zero-order valence-corrected chi connectivity index (χ0v) is 17.3. The summed E-state index contributed by atoms with van der Waals surface area (Å²) in [5, 5.41) is 3.38. The van der Waals surface area contributed by atoms with Crippen LogP contribution < -0.4 is 14.8 Å². The average Bonchev–Trinajstić information content (AvgIpc) is 2.69. The molecule has 146 valence electrons. The second kappa shape index (κ2) is 10.1. The molecule has 0 atom stereocenters. The van der Waals surface area contributed by atoms with Gasteiger partial charge in [-0.25, -0.2) is 9.97 Å². The molecule has 6 heteroatoms. The summed E-state index contributed by atoms with van der Waals surface area (Å²) in [6.45, 7) is 6.87. The standard InChI is InChI=1S/C22H26N4OS/c1-4-27-21-11-6-5-10-19(21)20-13-22(24-15-23-20)25-18-9-7-8-17(12-18)14-28-26-16(2)3/h5-13,15-16,26H,4,14H2,1-3H3,(H,23,24,25). The Labute approximate surface area is 171 Å². The highest BCUT2D eigenvalue weighted by Crippen LogP contribution is 2.29. The van der Waals surface area contributed by atoms with Crippen LogP contribution in [-0.2, 0) is 5.75 Å². The first-order valence-electron chi connectivity index (χ1n) is 9.43. The lowest BCUT2D eigenvalue weighted by Crippen LogP contribution is -2.14. The fourth-order valence-electron chi connectivity index (χ4n) is 2.71. The molecule has 0 amide bonds. The monoisotopic (exact) mass is 394 g/mol. The highest BCUT2D eigenvalue weighted by molar-refractivity contribution is 7.96. The zero-order chi connectivity index (χ0) is 19.8. The fraction of sp³-hybridized carbons (Fsp3) is 0.273. The summed E-state index contributed by atoms with van der Waals surface area (Å²) < 4.78 is 9.10. The Morgan fingerprint density at radius 2 is 1.89 bits per heavy atom. The van der Waals surface area contributed by atoms with Gasteiger partial charge in [0.25, 0.3) is 0 Å². The number of benzene rings is 2. The number of hydrogen-bond donors (Lipinski definition) is 2. The van der Waals surface area contributed by atoms with Crippen molar-refractivity contribution >= 4 is 23.5 Å². The molecule has 0 saturated heterocycles. The molecule has 2 N–H and O–H groups in total. The van der Waals surface area contributed by atoms with E-state index in [4.69, 9.17) is 4.74 Å². The summed E-state index contributed by atoms with van der Waals surface area (Å²) in [4.78, 5) is 8.80. The van der Waals surface area contributed by atoms with Gasteiger partial charge in [0.1, 0.15) is 17.9 Å². The van der Waals surface area contributed by atoms with Crippen molar-refractivity contribution in [3.05, 3.63) is 66.5 Å². The Balaban J connectivity index is 1.75. The molecule has 0 saturated carbocycles. The number of nitrogens with zero attached hydrogens (tertiary/aromatic N) is 2. The molecular formula is C22H26N4OS. The first-order chi connectivity index (χ1) is 13.7. The topological polar surface area (TPSA) is 59.1 Å². The van der Waals surface area contributed by atoms with Crippen molar-refractivity contribution in [2.24, 2.45) is 0 Å². The minimum atomic E-state index is 0.463. The van der Waals surface area contributed by atoms with Crippen LogP contribution in [0, 0.1) is 0 Å². The quantitative estimate of drug-likeness (QED) is 0.472. The van der Waals surface area contributed by atoms with Crippen molar-refractivity contribution in [3.63, 3.8) is 0 Å². The number of nitrogens with one attached hydrogen (secondary N) is 2. The molecule has 0 radical (unpaired) electrons. The molecule has 0 bridgehead atoms. The highest BCUT2D eigenvalue weighted by atomic mass is 32.2. The summed E-state index contributed by atoms with van der Waals surface area (Å²) in [7, 11) is 0.